The first-order valence-corrected chi connectivity index (χ1v) is 7.60. The minimum Gasteiger partial charge on any atom is -0.235 e. The number of nitrogens with zero attached hydrogens (tertiary/aromatic N) is 2. The Balaban J connectivity index is 2.10. The summed E-state index contributed by atoms with van der Waals surface area (Å²) in [6.45, 7) is 0. The molecule has 92 valence electrons. The molecule has 0 fully saturated rings. The second-order valence-corrected chi connectivity index (χ2v) is 6.10. The number of nitriles is 1. The number of aromatic nitrogens is 1. The molecule has 0 saturated heterocycles. The fraction of sp³-hybridized carbons (Fsp3) is 0. The lowest BCUT2D eigenvalue weighted by Crippen LogP contribution is -1.78. The number of thiazole rings is 1. The Bertz CT molecular complexity index is 795. The van der Waals surface area contributed by atoms with Crippen LogP contribution >= 0.6 is 34.3 Å². The van der Waals surface area contributed by atoms with Crippen LogP contribution in [-0.4, -0.2) is 4.98 Å². The molecule has 0 amide bonds. The molecule has 0 saturated carbocycles. The fourth-order valence-electron chi connectivity index (χ4n) is 1.68. The quantitative estimate of drug-likeness (QED) is 0.619. The molecule has 0 aliphatic rings. The van der Waals surface area contributed by atoms with Gasteiger partial charge < -0.3 is 0 Å². The highest BCUT2D eigenvalue weighted by Gasteiger charge is 2.09. The Kier molecular flexibility index (Phi) is 3.34. The molecule has 0 aliphatic heterocycles. The van der Waals surface area contributed by atoms with Crippen LogP contribution in [0.25, 0.3) is 21.9 Å². The summed E-state index contributed by atoms with van der Waals surface area (Å²) in [6, 6.07) is 9.77. The Labute approximate surface area is 123 Å². The summed E-state index contributed by atoms with van der Waals surface area (Å²) in [4.78, 5) is 4.47. The molecule has 0 radical (unpaired) electrons. The van der Waals surface area contributed by atoms with Crippen molar-refractivity contribution in [2.24, 2.45) is 0 Å². The number of halogens is 1. The average Bonchev–Trinajstić information content (AvgIpc) is 3.03. The van der Waals surface area contributed by atoms with E-state index in [9.17, 15) is 5.26 Å². The van der Waals surface area contributed by atoms with Crippen molar-refractivity contribution in [3.8, 4) is 6.07 Å². The van der Waals surface area contributed by atoms with Gasteiger partial charge in [-0.25, -0.2) is 4.98 Å². The fourth-order valence-corrected chi connectivity index (χ4v) is 3.38. The minimum absolute atomic E-state index is 0.579. The van der Waals surface area contributed by atoms with E-state index in [4.69, 9.17) is 11.6 Å². The summed E-state index contributed by atoms with van der Waals surface area (Å²) < 4.78 is 1.03. The maximum Gasteiger partial charge on any atom is 0.135 e. The first-order valence-electron chi connectivity index (χ1n) is 5.47. The molecule has 3 rings (SSSR count). The van der Waals surface area contributed by atoms with Crippen LogP contribution in [0.15, 0.2) is 35.0 Å². The molecular weight excluding hydrogens is 296 g/mol. The van der Waals surface area contributed by atoms with Crippen LogP contribution in [0.3, 0.4) is 0 Å². The predicted molar refractivity (Wildman–Crippen MR) is 82.4 cm³/mol. The first kappa shape index (κ1) is 12.4. The predicted octanol–water partition coefficient (Wildman–Crippen LogP) is 5.08. The van der Waals surface area contributed by atoms with Gasteiger partial charge in [0.05, 0.1) is 15.8 Å². The monoisotopic (exact) mass is 302 g/mol. The van der Waals surface area contributed by atoms with Gasteiger partial charge in [-0.1, -0.05) is 11.6 Å². The summed E-state index contributed by atoms with van der Waals surface area (Å²) in [5, 5.41) is 14.7. The Morgan fingerprint density at radius 1 is 1.37 bits per heavy atom. The lowest BCUT2D eigenvalue weighted by atomic mass is 10.2. The summed E-state index contributed by atoms with van der Waals surface area (Å²) >= 11 is 9.05. The van der Waals surface area contributed by atoms with E-state index in [1.165, 1.54) is 11.3 Å². The molecule has 0 spiro atoms. The zero-order valence-corrected chi connectivity index (χ0v) is 12.0. The van der Waals surface area contributed by atoms with Crippen molar-refractivity contribution in [3.63, 3.8) is 0 Å². The summed E-state index contributed by atoms with van der Waals surface area (Å²) in [7, 11) is 0. The van der Waals surface area contributed by atoms with Crippen molar-refractivity contribution in [2.45, 2.75) is 0 Å². The topological polar surface area (TPSA) is 36.7 Å². The van der Waals surface area contributed by atoms with Gasteiger partial charge in [-0.05, 0) is 46.7 Å². The van der Waals surface area contributed by atoms with E-state index in [1.807, 2.05) is 41.1 Å². The lowest BCUT2D eigenvalue weighted by Gasteiger charge is -1.90. The van der Waals surface area contributed by atoms with E-state index in [0.717, 1.165) is 20.8 Å². The molecule has 2 aromatic heterocycles. The van der Waals surface area contributed by atoms with Gasteiger partial charge in [-0.2, -0.15) is 16.6 Å². The van der Waals surface area contributed by atoms with Gasteiger partial charge in [0.25, 0.3) is 0 Å². The van der Waals surface area contributed by atoms with E-state index in [-0.39, 0.29) is 0 Å². The SMILES string of the molecule is N#C/C(=C\c1ccsc1)c1nc2cc(Cl)ccc2s1. The Morgan fingerprint density at radius 3 is 3.00 bits per heavy atom. The Hall–Kier alpha value is -1.67. The third-order valence-electron chi connectivity index (χ3n) is 2.55. The standard InChI is InChI=1S/C14H7ClN2S2/c15-11-1-2-13-12(6-11)17-14(19-13)10(7-16)5-9-3-4-18-8-9/h1-6,8H/b10-5+. The summed E-state index contributed by atoms with van der Waals surface area (Å²) in [5.41, 5.74) is 2.44. The minimum atomic E-state index is 0.579. The molecule has 0 unspecified atom stereocenters. The van der Waals surface area contributed by atoms with Gasteiger partial charge in [0, 0.05) is 5.02 Å². The first-order chi connectivity index (χ1) is 9.26. The van der Waals surface area contributed by atoms with Crippen molar-refractivity contribution < 1.29 is 0 Å². The maximum atomic E-state index is 9.28. The van der Waals surface area contributed by atoms with Crippen LogP contribution in [-0.2, 0) is 0 Å². The van der Waals surface area contributed by atoms with Crippen molar-refractivity contribution in [1.29, 1.82) is 5.26 Å². The molecule has 2 nitrogen and oxygen atoms in total. The average molecular weight is 303 g/mol. The molecule has 1 aromatic carbocycles. The van der Waals surface area contributed by atoms with E-state index in [0.29, 0.717) is 10.6 Å². The Morgan fingerprint density at radius 2 is 2.26 bits per heavy atom. The van der Waals surface area contributed by atoms with Crippen LogP contribution < -0.4 is 0 Å². The van der Waals surface area contributed by atoms with E-state index in [2.05, 4.69) is 11.1 Å². The van der Waals surface area contributed by atoms with Gasteiger partial charge in [0.1, 0.15) is 11.1 Å². The summed E-state index contributed by atoms with van der Waals surface area (Å²) in [6.07, 6.45) is 1.86. The molecular formula is C14H7ClN2S2. The number of rotatable bonds is 2. The second kappa shape index (κ2) is 5.14. The zero-order valence-electron chi connectivity index (χ0n) is 9.63. The molecule has 0 N–H and O–H groups in total. The van der Waals surface area contributed by atoms with Gasteiger partial charge in [0.15, 0.2) is 0 Å². The van der Waals surface area contributed by atoms with E-state index < -0.39 is 0 Å². The highest BCUT2D eigenvalue weighted by Crippen LogP contribution is 2.29. The molecule has 0 bridgehead atoms. The normalized spacial score (nSPS) is 11.7. The number of fused-ring (bicyclic) bond motifs is 1. The largest absolute Gasteiger partial charge is 0.235 e. The number of thiophene rings is 1. The molecule has 3 aromatic rings. The van der Waals surface area contributed by atoms with Crippen LogP contribution in [0, 0.1) is 11.3 Å². The highest BCUT2D eigenvalue weighted by molar-refractivity contribution is 7.19. The van der Waals surface area contributed by atoms with E-state index >= 15 is 0 Å². The third-order valence-corrected chi connectivity index (χ3v) is 4.56. The van der Waals surface area contributed by atoms with Gasteiger partial charge in [-0.15, -0.1) is 11.3 Å². The molecule has 0 aliphatic carbocycles. The number of benzene rings is 1. The van der Waals surface area contributed by atoms with Crippen molar-refractivity contribution in [2.75, 3.05) is 0 Å². The van der Waals surface area contributed by atoms with Crippen molar-refractivity contribution in [1.82, 2.24) is 4.98 Å². The highest BCUT2D eigenvalue weighted by atomic mass is 35.5. The maximum absolute atomic E-state index is 9.28. The van der Waals surface area contributed by atoms with E-state index in [1.54, 1.807) is 11.3 Å². The third kappa shape index (κ3) is 2.54. The lowest BCUT2D eigenvalue weighted by molar-refractivity contribution is 1.44. The number of hydrogen-bond donors (Lipinski definition) is 0. The van der Waals surface area contributed by atoms with Crippen LogP contribution in [0.4, 0.5) is 0 Å². The van der Waals surface area contributed by atoms with Gasteiger partial charge in [0.2, 0.25) is 0 Å². The molecule has 0 atom stereocenters. The van der Waals surface area contributed by atoms with Gasteiger partial charge >= 0.3 is 0 Å². The smallest absolute Gasteiger partial charge is 0.135 e. The molecule has 2 heterocycles. The molecule has 19 heavy (non-hydrogen) atoms. The van der Waals surface area contributed by atoms with Crippen LogP contribution in [0.5, 0.6) is 0 Å². The van der Waals surface area contributed by atoms with Gasteiger partial charge in [-0.3, -0.25) is 0 Å². The second-order valence-electron chi connectivity index (χ2n) is 3.86. The summed E-state index contributed by atoms with van der Waals surface area (Å²) in [5.74, 6) is 0. The van der Waals surface area contributed by atoms with Crippen molar-refractivity contribution in [3.05, 3.63) is 50.6 Å². The zero-order chi connectivity index (χ0) is 13.2. The number of hydrogen-bond acceptors (Lipinski definition) is 4. The number of allylic oxidation sites excluding steroid dienone is 1. The van der Waals surface area contributed by atoms with Crippen LogP contribution in [0.1, 0.15) is 10.6 Å². The molecule has 5 heteroatoms. The van der Waals surface area contributed by atoms with Crippen LogP contribution in [0.2, 0.25) is 5.02 Å². The van der Waals surface area contributed by atoms with Crippen molar-refractivity contribution >= 4 is 56.1 Å².